The molecule has 0 spiro atoms. The van der Waals surface area contributed by atoms with Crippen molar-refractivity contribution in [3.8, 4) is 0 Å². The molecule has 1 saturated heterocycles. The maximum atomic E-state index is 12.5. The molecule has 29 heavy (non-hydrogen) atoms. The predicted molar refractivity (Wildman–Crippen MR) is 111 cm³/mol. The zero-order chi connectivity index (χ0) is 20.1. The summed E-state index contributed by atoms with van der Waals surface area (Å²) in [6.45, 7) is 3.60. The Morgan fingerprint density at radius 2 is 1.97 bits per heavy atom. The van der Waals surface area contributed by atoms with Crippen LogP contribution >= 0.6 is 0 Å². The molecule has 8 heteroatoms. The number of carbonyl (C=O) groups excluding carboxylic acids is 1. The molecule has 0 aliphatic carbocycles. The first-order valence-corrected chi connectivity index (χ1v) is 9.82. The predicted octanol–water partition coefficient (Wildman–Crippen LogP) is 1.82. The second kappa shape index (κ2) is 8.91. The van der Waals surface area contributed by atoms with E-state index in [4.69, 9.17) is 15.2 Å². The van der Waals surface area contributed by atoms with Crippen LogP contribution < -0.4 is 16.0 Å². The molecule has 0 saturated carbocycles. The van der Waals surface area contributed by atoms with Crippen LogP contribution in [-0.4, -0.2) is 55.9 Å². The highest BCUT2D eigenvalue weighted by atomic mass is 16.5. The standard InChI is InChI=1S/C21H25N5O3/c22-21-25-18(14-29-21)7-3-15-1-5-17(6-2-15)24-20(27)16-4-8-19(23-13-16)26-9-11-28-12-10-26/h1-2,4-6,8,13,18H,3,7,9-12,14H2,(H2,22,25)(H,24,27)/t18-/m0/s1. The molecular weight excluding hydrogens is 370 g/mol. The Balaban J connectivity index is 1.29. The number of benzene rings is 1. The summed E-state index contributed by atoms with van der Waals surface area (Å²) in [5.41, 5.74) is 7.99. The summed E-state index contributed by atoms with van der Waals surface area (Å²) in [5.74, 6) is 0.694. The van der Waals surface area contributed by atoms with Crippen molar-refractivity contribution >= 4 is 23.4 Å². The van der Waals surface area contributed by atoms with Crippen molar-refractivity contribution < 1.29 is 14.3 Å². The van der Waals surface area contributed by atoms with Gasteiger partial charge in [-0.15, -0.1) is 0 Å². The van der Waals surface area contributed by atoms with Gasteiger partial charge in [0.15, 0.2) is 0 Å². The number of ether oxygens (including phenoxy) is 2. The van der Waals surface area contributed by atoms with Crippen molar-refractivity contribution in [1.82, 2.24) is 4.98 Å². The van der Waals surface area contributed by atoms with Crippen LogP contribution in [0.2, 0.25) is 0 Å². The van der Waals surface area contributed by atoms with Gasteiger partial charge >= 0.3 is 0 Å². The van der Waals surface area contributed by atoms with E-state index in [-0.39, 0.29) is 18.0 Å². The molecule has 0 radical (unpaired) electrons. The van der Waals surface area contributed by atoms with Crippen LogP contribution in [-0.2, 0) is 15.9 Å². The van der Waals surface area contributed by atoms with E-state index in [9.17, 15) is 4.79 Å². The topological polar surface area (TPSA) is 102 Å². The number of carbonyl (C=O) groups is 1. The number of morpholine rings is 1. The number of rotatable bonds is 6. The highest BCUT2D eigenvalue weighted by molar-refractivity contribution is 6.04. The molecule has 1 aromatic carbocycles. The first-order valence-electron chi connectivity index (χ1n) is 9.82. The number of nitrogens with zero attached hydrogens (tertiary/aromatic N) is 3. The second-order valence-electron chi connectivity index (χ2n) is 7.13. The number of pyridine rings is 1. The van der Waals surface area contributed by atoms with Crippen LogP contribution in [0.4, 0.5) is 11.5 Å². The summed E-state index contributed by atoms with van der Waals surface area (Å²) in [7, 11) is 0. The SMILES string of the molecule is NC1=N[C@@H](CCc2ccc(NC(=O)c3ccc(N4CCOCC4)nc3)cc2)CO1. The Morgan fingerprint density at radius 3 is 2.62 bits per heavy atom. The molecule has 152 valence electrons. The van der Waals surface area contributed by atoms with Crippen LogP contribution in [0, 0.1) is 0 Å². The number of hydrogen-bond donors (Lipinski definition) is 2. The minimum absolute atomic E-state index is 0.127. The van der Waals surface area contributed by atoms with Gasteiger partial charge in [-0.05, 0) is 42.7 Å². The number of aliphatic imine (C=N–C) groups is 1. The Morgan fingerprint density at radius 1 is 1.17 bits per heavy atom. The molecule has 1 amide bonds. The lowest BCUT2D eigenvalue weighted by molar-refractivity contribution is 0.102. The van der Waals surface area contributed by atoms with Crippen LogP contribution in [0.15, 0.2) is 47.6 Å². The summed E-state index contributed by atoms with van der Waals surface area (Å²) in [4.78, 5) is 23.3. The fourth-order valence-electron chi connectivity index (χ4n) is 3.38. The molecule has 8 nitrogen and oxygen atoms in total. The molecule has 2 aliphatic heterocycles. The van der Waals surface area contributed by atoms with E-state index in [2.05, 4.69) is 20.2 Å². The zero-order valence-electron chi connectivity index (χ0n) is 16.2. The summed E-state index contributed by atoms with van der Waals surface area (Å²) < 4.78 is 10.5. The van der Waals surface area contributed by atoms with Gasteiger partial charge in [-0.25, -0.2) is 9.98 Å². The van der Waals surface area contributed by atoms with E-state index in [1.165, 1.54) is 5.56 Å². The van der Waals surface area contributed by atoms with Crippen molar-refractivity contribution in [3.05, 3.63) is 53.7 Å². The van der Waals surface area contributed by atoms with Gasteiger partial charge in [0.05, 0.1) is 24.8 Å². The summed E-state index contributed by atoms with van der Waals surface area (Å²) in [6.07, 6.45) is 3.38. The van der Waals surface area contributed by atoms with Crippen LogP contribution in [0.5, 0.6) is 0 Å². The lowest BCUT2D eigenvalue weighted by Gasteiger charge is -2.27. The summed E-state index contributed by atoms with van der Waals surface area (Å²) in [5, 5.41) is 2.92. The van der Waals surface area contributed by atoms with Crippen LogP contribution in [0.25, 0.3) is 0 Å². The molecule has 0 bridgehead atoms. The van der Waals surface area contributed by atoms with E-state index in [0.29, 0.717) is 25.4 Å². The minimum atomic E-state index is -0.174. The fourth-order valence-corrected chi connectivity index (χ4v) is 3.38. The van der Waals surface area contributed by atoms with Crippen molar-refractivity contribution in [2.45, 2.75) is 18.9 Å². The van der Waals surface area contributed by atoms with E-state index < -0.39 is 0 Å². The number of nitrogens with two attached hydrogens (primary N) is 1. The van der Waals surface area contributed by atoms with E-state index >= 15 is 0 Å². The van der Waals surface area contributed by atoms with Gasteiger partial charge in [0.1, 0.15) is 12.4 Å². The van der Waals surface area contributed by atoms with Gasteiger partial charge in [-0.3, -0.25) is 4.79 Å². The number of hydrogen-bond acceptors (Lipinski definition) is 7. The number of amidine groups is 1. The van der Waals surface area contributed by atoms with Gasteiger partial charge < -0.3 is 25.4 Å². The van der Waals surface area contributed by atoms with Gasteiger partial charge in [-0.2, -0.15) is 0 Å². The Hall–Kier alpha value is -3.13. The van der Waals surface area contributed by atoms with Crippen molar-refractivity contribution in [2.75, 3.05) is 43.1 Å². The molecule has 0 unspecified atom stereocenters. The third kappa shape index (κ3) is 5.03. The zero-order valence-corrected chi connectivity index (χ0v) is 16.2. The smallest absolute Gasteiger partial charge is 0.282 e. The Bertz CT molecular complexity index is 861. The average molecular weight is 395 g/mol. The van der Waals surface area contributed by atoms with Crippen molar-refractivity contribution in [1.29, 1.82) is 0 Å². The van der Waals surface area contributed by atoms with E-state index in [1.54, 1.807) is 12.3 Å². The Kier molecular flexibility index (Phi) is 5.90. The third-order valence-electron chi connectivity index (χ3n) is 5.06. The van der Waals surface area contributed by atoms with Gasteiger partial charge in [-0.1, -0.05) is 12.1 Å². The molecule has 1 atom stereocenters. The molecule has 3 heterocycles. The molecule has 1 aromatic heterocycles. The highest BCUT2D eigenvalue weighted by Gasteiger charge is 2.16. The van der Waals surface area contributed by atoms with Gasteiger partial charge in [0.25, 0.3) is 11.9 Å². The number of nitrogens with one attached hydrogen (secondary N) is 1. The van der Waals surface area contributed by atoms with E-state index in [0.717, 1.165) is 37.4 Å². The molecule has 1 fully saturated rings. The summed E-state index contributed by atoms with van der Waals surface area (Å²) in [6, 6.07) is 11.9. The van der Waals surface area contributed by atoms with Gasteiger partial charge in [0.2, 0.25) is 0 Å². The molecule has 2 aromatic rings. The largest absolute Gasteiger partial charge is 0.463 e. The van der Waals surface area contributed by atoms with Crippen molar-refractivity contribution in [3.63, 3.8) is 0 Å². The fraction of sp³-hybridized carbons (Fsp3) is 0.381. The normalized spacial score (nSPS) is 18.8. The first kappa shape index (κ1) is 19.2. The maximum absolute atomic E-state index is 12.5. The third-order valence-corrected chi connectivity index (χ3v) is 5.06. The molecule has 2 aliphatic rings. The van der Waals surface area contributed by atoms with Crippen LogP contribution in [0.1, 0.15) is 22.3 Å². The molecular formula is C21H25N5O3. The lowest BCUT2D eigenvalue weighted by Crippen LogP contribution is -2.36. The quantitative estimate of drug-likeness (QED) is 0.774. The lowest BCUT2D eigenvalue weighted by atomic mass is 10.1. The average Bonchev–Trinajstić information content (AvgIpc) is 3.19. The van der Waals surface area contributed by atoms with Gasteiger partial charge in [0, 0.05) is 25.0 Å². The monoisotopic (exact) mass is 395 g/mol. The maximum Gasteiger partial charge on any atom is 0.282 e. The Labute approximate surface area is 169 Å². The van der Waals surface area contributed by atoms with Crippen molar-refractivity contribution in [2.24, 2.45) is 10.7 Å². The first-order chi connectivity index (χ1) is 14.2. The number of aromatic nitrogens is 1. The summed E-state index contributed by atoms with van der Waals surface area (Å²) >= 11 is 0. The second-order valence-corrected chi connectivity index (χ2v) is 7.13. The molecule has 4 rings (SSSR count). The highest BCUT2D eigenvalue weighted by Crippen LogP contribution is 2.17. The minimum Gasteiger partial charge on any atom is -0.463 e. The number of anilines is 2. The molecule has 3 N–H and O–H groups in total. The number of amides is 1. The van der Waals surface area contributed by atoms with E-state index in [1.807, 2.05) is 30.3 Å². The van der Waals surface area contributed by atoms with Crippen LogP contribution in [0.3, 0.4) is 0 Å². The number of aryl methyl sites for hydroxylation is 1.